The van der Waals surface area contributed by atoms with Gasteiger partial charge in [-0.05, 0) is 61.6 Å². The molecule has 0 aliphatic rings. The topological polar surface area (TPSA) is 78.0 Å². The van der Waals surface area contributed by atoms with E-state index in [-0.39, 0.29) is 11.7 Å². The molecule has 0 aliphatic heterocycles. The monoisotopic (exact) mass is 435 g/mol. The van der Waals surface area contributed by atoms with Gasteiger partial charge in [0.25, 0.3) is 5.91 Å². The number of amides is 1. The van der Waals surface area contributed by atoms with E-state index in [0.29, 0.717) is 18.5 Å². The Balaban J connectivity index is 1.58. The summed E-state index contributed by atoms with van der Waals surface area (Å²) in [5.41, 5.74) is 6.81. The number of carbonyl (C=O) groups is 1. The van der Waals surface area contributed by atoms with Crippen LogP contribution in [0.15, 0.2) is 72.8 Å². The van der Waals surface area contributed by atoms with Gasteiger partial charge in [0, 0.05) is 22.0 Å². The lowest BCUT2D eigenvalue weighted by Gasteiger charge is -2.12. The highest BCUT2D eigenvalue weighted by atomic mass is 16.3. The first kappa shape index (κ1) is 20.8. The van der Waals surface area contributed by atoms with Gasteiger partial charge in [0.1, 0.15) is 11.4 Å². The second-order valence-electron chi connectivity index (χ2n) is 8.40. The van der Waals surface area contributed by atoms with Crippen molar-refractivity contribution in [2.24, 2.45) is 0 Å². The zero-order valence-corrected chi connectivity index (χ0v) is 18.6. The summed E-state index contributed by atoms with van der Waals surface area (Å²) in [5.74, 6) is 0.0395. The number of aromatic nitrogens is 2. The standard InChI is InChI=1S/C28H25N3O2/c1-17-8-7-9-18(2)26(17)31-28(33)24-16-21-20-11-4-5-12-22(20)30-27(21)23(29-24)15-14-19-10-3-6-13-25(19)32/h3-13,16,30,32H,14-15H2,1-2H3,(H,31,33). The molecule has 3 N–H and O–H groups in total. The van der Waals surface area contributed by atoms with E-state index in [1.807, 2.05) is 80.6 Å². The van der Waals surface area contributed by atoms with E-state index in [4.69, 9.17) is 4.98 Å². The van der Waals surface area contributed by atoms with E-state index in [9.17, 15) is 9.90 Å². The second kappa shape index (κ2) is 8.43. The van der Waals surface area contributed by atoms with Crippen molar-refractivity contribution in [2.75, 3.05) is 5.32 Å². The molecular formula is C28H25N3O2. The van der Waals surface area contributed by atoms with Crippen LogP contribution in [0.1, 0.15) is 32.9 Å². The summed E-state index contributed by atoms with van der Waals surface area (Å²) in [7, 11) is 0. The normalized spacial score (nSPS) is 11.2. The van der Waals surface area contributed by atoms with Crippen molar-refractivity contribution < 1.29 is 9.90 Å². The lowest BCUT2D eigenvalue weighted by Crippen LogP contribution is -2.16. The number of rotatable bonds is 5. The fourth-order valence-electron chi connectivity index (χ4n) is 4.37. The molecule has 0 atom stereocenters. The molecular weight excluding hydrogens is 410 g/mol. The van der Waals surface area contributed by atoms with Crippen LogP contribution in [-0.2, 0) is 12.8 Å². The van der Waals surface area contributed by atoms with Gasteiger partial charge in [-0.2, -0.15) is 0 Å². The van der Waals surface area contributed by atoms with E-state index in [0.717, 1.165) is 49.9 Å². The summed E-state index contributed by atoms with van der Waals surface area (Å²) in [5, 5.41) is 15.3. The molecule has 5 heteroatoms. The average Bonchev–Trinajstić information content (AvgIpc) is 3.19. The number of carbonyl (C=O) groups excluding carboxylic acids is 1. The average molecular weight is 436 g/mol. The second-order valence-corrected chi connectivity index (χ2v) is 8.40. The van der Waals surface area contributed by atoms with Gasteiger partial charge in [-0.1, -0.05) is 54.6 Å². The molecule has 164 valence electrons. The van der Waals surface area contributed by atoms with Gasteiger partial charge in [-0.3, -0.25) is 4.79 Å². The van der Waals surface area contributed by atoms with Crippen LogP contribution in [-0.4, -0.2) is 21.0 Å². The van der Waals surface area contributed by atoms with Crippen LogP contribution < -0.4 is 5.32 Å². The molecule has 2 aromatic heterocycles. The number of para-hydroxylation sites is 3. The lowest BCUT2D eigenvalue weighted by atomic mass is 10.0. The van der Waals surface area contributed by atoms with Crippen molar-refractivity contribution in [1.29, 1.82) is 0 Å². The maximum absolute atomic E-state index is 13.3. The third-order valence-electron chi connectivity index (χ3n) is 6.15. The molecule has 0 spiro atoms. The number of benzene rings is 3. The predicted molar refractivity (Wildman–Crippen MR) is 133 cm³/mol. The number of pyridine rings is 1. The molecule has 2 heterocycles. The van der Waals surface area contributed by atoms with Gasteiger partial charge in [-0.15, -0.1) is 0 Å². The van der Waals surface area contributed by atoms with Gasteiger partial charge >= 0.3 is 0 Å². The van der Waals surface area contributed by atoms with Crippen molar-refractivity contribution in [3.05, 3.63) is 101 Å². The quantitative estimate of drug-likeness (QED) is 0.313. The van der Waals surface area contributed by atoms with Gasteiger partial charge in [0.2, 0.25) is 0 Å². The number of hydrogen-bond acceptors (Lipinski definition) is 3. The highest BCUT2D eigenvalue weighted by Crippen LogP contribution is 2.29. The van der Waals surface area contributed by atoms with Crippen molar-refractivity contribution in [3.63, 3.8) is 0 Å². The third-order valence-corrected chi connectivity index (χ3v) is 6.15. The minimum atomic E-state index is -0.233. The molecule has 0 saturated carbocycles. The zero-order chi connectivity index (χ0) is 22.9. The minimum Gasteiger partial charge on any atom is -0.508 e. The molecule has 0 saturated heterocycles. The third kappa shape index (κ3) is 3.94. The first-order valence-electron chi connectivity index (χ1n) is 11.1. The molecule has 0 radical (unpaired) electrons. The minimum absolute atomic E-state index is 0.233. The highest BCUT2D eigenvalue weighted by Gasteiger charge is 2.17. The number of nitrogens with one attached hydrogen (secondary N) is 2. The zero-order valence-electron chi connectivity index (χ0n) is 18.6. The Morgan fingerprint density at radius 3 is 2.42 bits per heavy atom. The number of H-pyrrole nitrogens is 1. The maximum atomic E-state index is 13.3. The van der Waals surface area contributed by atoms with Gasteiger partial charge < -0.3 is 15.4 Å². The van der Waals surface area contributed by atoms with Crippen LogP contribution in [0.5, 0.6) is 5.75 Å². The summed E-state index contributed by atoms with van der Waals surface area (Å²) in [6, 6.07) is 23.2. The Morgan fingerprint density at radius 1 is 0.909 bits per heavy atom. The van der Waals surface area contributed by atoms with E-state index < -0.39 is 0 Å². The number of anilines is 1. The Hall–Kier alpha value is -4.12. The summed E-state index contributed by atoms with van der Waals surface area (Å²) < 4.78 is 0. The number of hydrogen-bond donors (Lipinski definition) is 3. The summed E-state index contributed by atoms with van der Waals surface area (Å²) >= 11 is 0. The molecule has 1 amide bonds. The van der Waals surface area contributed by atoms with Crippen molar-refractivity contribution in [2.45, 2.75) is 26.7 Å². The largest absolute Gasteiger partial charge is 0.508 e. The summed E-state index contributed by atoms with van der Waals surface area (Å²) in [6.07, 6.45) is 1.21. The molecule has 3 aromatic carbocycles. The Kier molecular flexibility index (Phi) is 5.31. The van der Waals surface area contributed by atoms with E-state index in [1.165, 1.54) is 0 Å². The first-order chi connectivity index (χ1) is 16.0. The highest BCUT2D eigenvalue weighted by molar-refractivity contribution is 6.12. The number of aromatic amines is 1. The Bertz CT molecular complexity index is 1480. The number of nitrogens with zero attached hydrogens (tertiary/aromatic N) is 1. The van der Waals surface area contributed by atoms with Crippen molar-refractivity contribution in [3.8, 4) is 5.75 Å². The summed E-state index contributed by atoms with van der Waals surface area (Å²) in [6.45, 7) is 3.97. The molecule has 0 aliphatic carbocycles. The maximum Gasteiger partial charge on any atom is 0.274 e. The number of phenols is 1. The van der Waals surface area contributed by atoms with Crippen LogP contribution in [0.4, 0.5) is 5.69 Å². The Morgan fingerprint density at radius 2 is 1.64 bits per heavy atom. The molecule has 5 nitrogen and oxygen atoms in total. The lowest BCUT2D eigenvalue weighted by molar-refractivity contribution is 0.102. The number of fused-ring (bicyclic) bond motifs is 3. The number of phenolic OH excluding ortho intramolecular Hbond substituents is 1. The smallest absolute Gasteiger partial charge is 0.274 e. The van der Waals surface area contributed by atoms with Gasteiger partial charge in [-0.25, -0.2) is 4.98 Å². The molecule has 33 heavy (non-hydrogen) atoms. The molecule has 5 rings (SSSR count). The van der Waals surface area contributed by atoms with E-state index in [2.05, 4.69) is 10.3 Å². The van der Waals surface area contributed by atoms with E-state index >= 15 is 0 Å². The van der Waals surface area contributed by atoms with Crippen LogP contribution in [0.3, 0.4) is 0 Å². The number of aryl methyl sites for hydroxylation is 4. The van der Waals surface area contributed by atoms with Crippen LogP contribution in [0, 0.1) is 13.8 Å². The first-order valence-corrected chi connectivity index (χ1v) is 11.1. The summed E-state index contributed by atoms with van der Waals surface area (Å²) in [4.78, 5) is 21.5. The molecule has 0 bridgehead atoms. The van der Waals surface area contributed by atoms with Gasteiger partial charge in [0.05, 0.1) is 11.2 Å². The fourth-order valence-corrected chi connectivity index (χ4v) is 4.37. The van der Waals surface area contributed by atoms with E-state index in [1.54, 1.807) is 6.07 Å². The van der Waals surface area contributed by atoms with Crippen LogP contribution >= 0.6 is 0 Å². The number of aromatic hydroxyl groups is 1. The van der Waals surface area contributed by atoms with Crippen molar-refractivity contribution in [1.82, 2.24) is 9.97 Å². The molecule has 0 unspecified atom stereocenters. The van der Waals surface area contributed by atoms with Gasteiger partial charge in [0.15, 0.2) is 0 Å². The molecule has 5 aromatic rings. The molecule has 0 fully saturated rings. The fraction of sp³-hybridized carbons (Fsp3) is 0.143. The van der Waals surface area contributed by atoms with Crippen LogP contribution in [0.2, 0.25) is 0 Å². The predicted octanol–water partition coefficient (Wildman–Crippen LogP) is 6.08. The Labute approximate surface area is 192 Å². The SMILES string of the molecule is Cc1cccc(C)c1NC(=O)c1cc2c([nH]c3ccccc32)c(CCc2ccccc2O)n1. The van der Waals surface area contributed by atoms with Crippen molar-refractivity contribution >= 4 is 33.4 Å². The van der Waals surface area contributed by atoms with Crippen LogP contribution in [0.25, 0.3) is 21.8 Å².